The summed E-state index contributed by atoms with van der Waals surface area (Å²) < 4.78 is 16.3. The lowest BCUT2D eigenvalue weighted by molar-refractivity contribution is 0.322. The third-order valence-electron chi connectivity index (χ3n) is 4.33. The van der Waals surface area contributed by atoms with Gasteiger partial charge in [0, 0.05) is 25.2 Å². The van der Waals surface area contributed by atoms with Gasteiger partial charge >= 0.3 is 0 Å². The summed E-state index contributed by atoms with van der Waals surface area (Å²) in [5.41, 5.74) is 0.976. The van der Waals surface area contributed by atoms with E-state index in [0.717, 1.165) is 17.9 Å². The molecule has 0 radical (unpaired) electrons. The van der Waals surface area contributed by atoms with Gasteiger partial charge in [0.1, 0.15) is 0 Å². The van der Waals surface area contributed by atoms with Gasteiger partial charge in [0.15, 0.2) is 17.5 Å². The molecule has 1 unspecified atom stereocenters. The van der Waals surface area contributed by atoms with E-state index in [1.54, 1.807) is 28.4 Å². The van der Waals surface area contributed by atoms with Crippen molar-refractivity contribution in [1.82, 2.24) is 10.6 Å². The van der Waals surface area contributed by atoms with E-state index < -0.39 is 0 Å². The summed E-state index contributed by atoms with van der Waals surface area (Å²) in [5, 5.41) is 6.79. The zero-order valence-corrected chi connectivity index (χ0v) is 19.9. The largest absolute Gasteiger partial charge is 0.493 e. The van der Waals surface area contributed by atoms with Crippen molar-refractivity contribution < 1.29 is 14.2 Å². The molecule has 0 heterocycles. The van der Waals surface area contributed by atoms with Crippen LogP contribution < -0.4 is 24.8 Å². The lowest BCUT2D eigenvalue weighted by Crippen LogP contribution is -2.41. The fraction of sp³-hybridized carbons (Fsp3) is 0.650. The third kappa shape index (κ3) is 8.45. The fourth-order valence-electron chi connectivity index (χ4n) is 2.86. The van der Waals surface area contributed by atoms with Crippen molar-refractivity contribution in [2.75, 3.05) is 28.4 Å². The fourth-order valence-corrected chi connectivity index (χ4v) is 2.86. The highest BCUT2D eigenvalue weighted by atomic mass is 127. The van der Waals surface area contributed by atoms with Gasteiger partial charge in [-0.15, -0.1) is 24.0 Å². The Hall–Kier alpha value is -1.38. The normalized spacial score (nSPS) is 12.0. The molecular weight excluding hydrogens is 457 g/mol. The van der Waals surface area contributed by atoms with E-state index in [1.807, 2.05) is 12.1 Å². The average molecular weight is 493 g/mol. The van der Waals surface area contributed by atoms with Crippen molar-refractivity contribution >= 4 is 29.9 Å². The van der Waals surface area contributed by atoms with Gasteiger partial charge in [0.25, 0.3) is 0 Å². The molecular formula is C20H36IN3O3. The number of ether oxygens (including phenoxy) is 3. The highest BCUT2D eigenvalue weighted by Gasteiger charge is 2.16. The smallest absolute Gasteiger partial charge is 0.203 e. The van der Waals surface area contributed by atoms with Gasteiger partial charge in [-0.3, -0.25) is 4.99 Å². The quantitative estimate of drug-likeness (QED) is 0.208. The number of rotatable bonds is 11. The van der Waals surface area contributed by atoms with Gasteiger partial charge in [-0.2, -0.15) is 0 Å². The average Bonchev–Trinajstić information content (AvgIpc) is 2.67. The molecule has 6 nitrogen and oxygen atoms in total. The monoisotopic (exact) mass is 493 g/mol. The molecule has 1 aromatic carbocycles. The number of methoxy groups -OCH3 is 3. The first kappa shape index (κ1) is 25.6. The van der Waals surface area contributed by atoms with Crippen LogP contribution >= 0.6 is 24.0 Å². The molecule has 0 spiro atoms. The summed E-state index contributed by atoms with van der Waals surface area (Å²) in [6.45, 7) is 5.00. The molecule has 1 rings (SSSR count). The number of aliphatic imine (C=N–C) groups is 1. The second-order valence-electron chi connectivity index (χ2n) is 6.31. The van der Waals surface area contributed by atoms with E-state index in [2.05, 4.69) is 29.5 Å². The van der Waals surface area contributed by atoms with Crippen LogP contribution in [-0.2, 0) is 6.54 Å². The molecule has 0 aliphatic rings. The molecule has 0 saturated carbocycles. The predicted octanol–water partition coefficient (Wildman–Crippen LogP) is 4.35. The Morgan fingerprint density at radius 1 is 1.04 bits per heavy atom. The molecule has 2 N–H and O–H groups in total. The number of nitrogens with one attached hydrogen (secondary N) is 2. The van der Waals surface area contributed by atoms with Crippen LogP contribution in [0.1, 0.15) is 51.5 Å². The first-order valence-corrected chi connectivity index (χ1v) is 9.36. The molecule has 0 aromatic heterocycles. The molecule has 1 aromatic rings. The minimum Gasteiger partial charge on any atom is -0.493 e. The summed E-state index contributed by atoms with van der Waals surface area (Å²) in [6.07, 6.45) is 6.23. The Morgan fingerprint density at radius 2 is 1.74 bits per heavy atom. The van der Waals surface area contributed by atoms with Crippen molar-refractivity contribution in [3.63, 3.8) is 0 Å². The lowest BCUT2D eigenvalue weighted by Gasteiger charge is -2.19. The molecule has 7 heteroatoms. The summed E-state index contributed by atoms with van der Waals surface area (Å²) >= 11 is 0. The van der Waals surface area contributed by atoms with Crippen molar-refractivity contribution in [1.29, 1.82) is 0 Å². The number of nitrogens with zero attached hydrogens (tertiary/aromatic N) is 1. The van der Waals surface area contributed by atoms with Crippen LogP contribution in [0.3, 0.4) is 0 Å². The van der Waals surface area contributed by atoms with E-state index in [-0.39, 0.29) is 24.0 Å². The highest BCUT2D eigenvalue weighted by molar-refractivity contribution is 14.0. The van der Waals surface area contributed by atoms with Gasteiger partial charge in [-0.25, -0.2) is 0 Å². The van der Waals surface area contributed by atoms with Gasteiger partial charge in [-0.05, 0) is 25.5 Å². The van der Waals surface area contributed by atoms with Crippen LogP contribution in [0.15, 0.2) is 17.1 Å². The van der Waals surface area contributed by atoms with Crippen molar-refractivity contribution in [2.45, 2.75) is 58.5 Å². The summed E-state index contributed by atoms with van der Waals surface area (Å²) in [7, 11) is 6.64. The van der Waals surface area contributed by atoms with Gasteiger partial charge in [0.05, 0.1) is 21.3 Å². The molecule has 27 heavy (non-hydrogen) atoms. The molecule has 0 bridgehead atoms. The van der Waals surface area contributed by atoms with E-state index >= 15 is 0 Å². The van der Waals surface area contributed by atoms with Gasteiger partial charge in [-0.1, -0.05) is 32.6 Å². The van der Waals surface area contributed by atoms with Crippen LogP contribution in [0, 0.1) is 0 Å². The first-order valence-electron chi connectivity index (χ1n) is 9.36. The van der Waals surface area contributed by atoms with Crippen molar-refractivity contribution in [3.8, 4) is 17.2 Å². The number of hydrogen-bond donors (Lipinski definition) is 2. The molecule has 0 saturated heterocycles. The Balaban J connectivity index is 0.00000676. The van der Waals surface area contributed by atoms with Gasteiger partial charge < -0.3 is 24.8 Å². The number of benzene rings is 1. The molecule has 0 aliphatic carbocycles. The second-order valence-corrected chi connectivity index (χ2v) is 6.31. The summed E-state index contributed by atoms with van der Waals surface area (Å²) in [6, 6.07) is 4.23. The minimum absolute atomic E-state index is 0. The topological polar surface area (TPSA) is 64.1 Å². The number of guanidine groups is 1. The van der Waals surface area contributed by atoms with Crippen molar-refractivity contribution in [3.05, 3.63) is 17.7 Å². The van der Waals surface area contributed by atoms with Crippen LogP contribution in [0.5, 0.6) is 17.2 Å². The zero-order chi connectivity index (χ0) is 19.4. The van der Waals surface area contributed by atoms with E-state index in [1.165, 1.54) is 25.7 Å². The Labute approximate surface area is 181 Å². The predicted molar refractivity (Wildman–Crippen MR) is 123 cm³/mol. The van der Waals surface area contributed by atoms with Crippen LogP contribution in [0.25, 0.3) is 0 Å². The Kier molecular flexibility index (Phi) is 13.9. The zero-order valence-electron chi connectivity index (χ0n) is 17.6. The second kappa shape index (κ2) is 14.6. The van der Waals surface area contributed by atoms with E-state index in [0.29, 0.717) is 29.8 Å². The molecule has 156 valence electrons. The maximum absolute atomic E-state index is 5.53. The maximum Gasteiger partial charge on any atom is 0.203 e. The first-order chi connectivity index (χ1) is 12.6. The number of hydrogen-bond acceptors (Lipinski definition) is 4. The minimum atomic E-state index is 0. The summed E-state index contributed by atoms with van der Waals surface area (Å²) in [5.74, 6) is 2.70. The van der Waals surface area contributed by atoms with Crippen molar-refractivity contribution in [2.24, 2.45) is 4.99 Å². The molecule has 0 fully saturated rings. The molecule has 1 atom stereocenters. The maximum atomic E-state index is 5.53. The number of unbranched alkanes of at least 4 members (excludes halogenated alkanes) is 3. The standard InChI is InChI=1S/C20H35N3O3.HI/c1-7-8-9-10-11-15(2)23-20(21-3)22-14-16-12-13-17(24-4)19(26-6)18(16)25-5;/h12-13,15H,7-11,14H2,1-6H3,(H2,21,22,23);1H. The SMILES string of the molecule is CCCCCCC(C)NC(=NC)NCc1ccc(OC)c(OC)c1OC.I. The van der Waals surface area contributed by atoms with E-state index in [9.17, 15) is 0 Å². The Morgan fingerprint density at radius 3 is 2.30 bits per heavy atom. The molecule has 0 aliphatic heterocycles. The van der Waals surface area contributed by atoms with Crippen LogP contribution in [0.2, 0.25) is 0 Å². The highest BCUT2D eigenvalue weighted by Crippen LogP contribution is 2.39. The third-order valence-corrected chi connectivity index (χ3v) is 4.33. The van der Waals surface area contributed by atoms with Crippen LogP contribution in [0.4, 0.5) is 0 Å². The Bertz CT molecular complexity index is 568. The van der Waals surface area contributed by atoms with E-state index in [4.69, 9.17) is 14.2 Å². The molecule has 0 amide bonds. The summed E-state index contributed by atoms with van der Waals surface area (Å²) in [4.78, 5) is 4.32. The van der Waals surface area contributed by atoms with Crippen LogP contribution in [-0.4, -0.2) is 40.4 Å². The van der Waals surface area contributed by atoms with Gasteiger partial charge in [0.2, 0.25) is 5.75 Å². The number of halogens is 1. The lowest BCUT2D eigenvalue weighted by atomic mass is 10.1.